The topological polar surface area (TPSA) is 99.7 Å². The second-order valence-electron chi connectivity index (χ2n) is 4.58. The number of hydrogen-bond acceptors (Lipinski definition) is 4. The van der Waals surface area contributed by atoms with E-state index >= 15 is 0 Å². The molecule has 0 saturated heterocycles. The Kier molecular flexibility index (Phi) is 8.13. The number of nitrogens with one attached hydrogen (secondary N) is 2. The lowest BCUT2D eigenvalue weighted by atomic mass is 10.1. The highest BCUT2D eigenvalue weighted by Gasteiger charge is 2.07. The van der Waals surface area contributed by atoms with E-state index in [1.54, 1.807) is 0 Å². The van der Waals surface area contributed by atoms with E-state index in [1.807, 2.05) is 6.92 Å². The van der Waals surface area contributed by atoms with E-state index in [2.05, 4.69) is 29.6 Å². The maximum Gasteiger partial charge on any atom is 0.221 e. The van der Waals surface area contributed by atoms with Crippen LogP contribution in [-0.4, -0.2) is 36.6 Å². The Balaban J connectivity index is 3.54. The van der Waals surface area contributed by atoms with Crippen molar-refractivity contribution in [2.45, 2.75) is 27.2 Å². The lowest BCUT2D eigenvalue weighted by Gasteiger charge is -2.11. The molecular formula is C11H24N4O2. The molecule has 0 bridgehead atoms. The largest absolute Gasteiger partial charge is 0.409 e. The summed E-state index contributed by atoms with van der Waals surface area (Å²) in [6.45, 7) is 7.84. The average molecular weight is 244 g/mol. The lowest BCUT2D eigenvalue weighted by Crippen LogP contribution is -2.34. The van der Waals surface area contributed by atoms with Crippen LogP contribution >= 0.6 is 0 Å². The number of rotatable bonds is 8. The van der Waals surface area contributed by atoms with E-state index < -0.39 is 0 Å². The minimum atomic E-state index is -0.0428. The van der Waals surface area contributed by atoms with Gasteiger partial charge in [-0.2, -0.15) is 0 Å². The Labute approximate surface area is 103 Å². The molecule has 0 heterocycles. The molecule has 0 radical (unpaired) electrons. The highest BCUT2D eigenvalue weighted by Crippen LogP contribution is 1.92. The summed E-state index contributed by atoms with van der Waals surface area (Å²) in [5.74, 6) is 0.663. The molecule has 0 spiro atoms. The summed E-state index contributed by atoms with van der Waals surface area (Å²) in [4.78, 5) is 11.3. The summed E-state index contributed by atoms with van der Waals surface area (Å²) in [7, 11) is 0. The Morgan fingerprint density at radius 3 is 2.53 bits per heavy atom. The minimum Gasteiger partial charge on any atom is -0.409 e. The molecule has 0 aliphatic carbocycles. The van der Waals surface area contributed by atoms with E-state index in [9.17, 15) is 4.79 Å². The predicted molar refractivity (Wildman–Crippen MR) is 67.9 cm³/mol. The van der Waals surface area contributed by atoms with Gasteiger partial charge in [-0.3, -0.25) is 4.79 Å². The third kappa shape index (κ3) is 8.50. The first-order valence-corrected chi connectivity index (χ1v) is 5.92. The number of carbonyl (C=O) groups is 1. The van der Waals surface area contributed by atoms with Crippen molar-refractivity contribution >= 4 is 11.7 Å². The smallest absolute Gasteiger partial charge is 0.221 e. The first kappa shape index (κ1) is 15.7. The second-order valence-corrected chi connectivity index (χ2v) is 4.58. The molecule has 1 unspecified atom stereocenters. The van der Waals surface area contributed by atoms with Gasteiger partial charge in [-0.05, 0) is 5.92 Å². The molecule has 0 rings (SSSR count). The van der Waals surface area contributed by atoms with Gasteiger partial charge in [-0.1, -0.05) is 25.9 Å². The van der Waals surface area contributed by atoms with E-state index in [0.29, 0.717) is 32.0 Å². The maximum absolute atomic E-state index is 11.3. The minimum absolute atomic E-state index is 0.0428. The number of amides is 1. The number of nitrogens with two attached hydrogens (primary N) is 1. The molecule has 6 nitrogen and oxygen atoms in total. The van der Waals surface area contributed by atoms with Gasteiger partial charge >= 0.3 is 0 Å². The molecule has 5 N–H and O–H groups in total. The van der Waals surface area contributed by atoms with Gasteiger partial charge in [0.15, 0.2) is 0 Å². The van der Waals surface area contributed by atoms with Crippen LogP contribution in [0.3, 0.4) is 0 Å². The molecule has 1 atom stereocenters. The third-order valence-corrected chi connectivity index (χ3v) is 2.31. The fourth-order valence-electron chi connectivity index (χ4n) is 1.13. The normalized spacial score (nSPS) is 13.8. The van der Waals surface area contributed by atoms with Gasteiger partial charge in [0.1, 0.15) is 5.84 Å². The maximum atomic E-state index is 11.3. The fraction of sp³-hybridized carbons (Fsp3) is 0.818. The first-order valence-electron chi connectivity index (χ1n) is 5.92. The number of hydrogen-bond donors (Lipinski definition) is 4. The van der Waals surface area contributed by atoms with Gasteiger partial charge in [0, 0.05) is 32.0 Å². The summed E-state index contributed by atoms with van der Waals surface area (Å²) in [6, 6.07) is 0. The molecule has 17 heavy (non-hydrogen) atoms. The second kappa shape index (κ2) is 8.81. The van der Waals surface area contributed by atoms with Gasteiger partial charge in [0.2, 0.25) is 5.91 Å². The van der Waals surface area contributed by atoms with Crippen molar-refractivity contribution in [3.8, 4) is 0 Å². The zero-order chi connectivity index (χ0) is 13.3. The van der Waals surface area contributed by atoms with Crippen molar-refractivity contribution in [2.24, 2.45) is 22.7 Å². The zero-order valence-electron chi connectivity index (χ0n) is 10.9. The van der Waals surface area contributed by atoms with E-state index in [-0.39, 0.29) is 17.7 Å². The molecule has 0 fully saturated rings. The Bertz CT molecular complexity index is 254. The summed E-state index contributed by atoms with van der Waals surface area (Å²) in [5.41, 5.74) is 5.42. The monoisotopic (exact) mass is 244 g/mol. The first-order chi connectivity index (χ1) is 7.97. The molecule has 0 aromatic carbocycles. The Morgan fingerprint density at radius 2 is 2.00 bits per heavy atom. The van der Waals surface area contributed by atoms with Crippen LogP contribution in [0.25, 0.3) is 0 Å². The van der Waals surface area contributed by atoms with E-state index in [1.165, 1.54) is 0 Å². The van der Waals surface area contributed by atoms with Crippen LogP contribution in [0.4, 0.5) is 0 Å². The van der Waals surface area contributed by atoms with Crippen LogP contribution in [0.2, 0.25) is 0 Å². The van der Waals surface area contributed by atoms with Crippen LogP contribution in [0.1, 0.15) is 27.2 Å². The SMILES string of the molecule is CC(C)CNC(=O)CCNCC(C)C(N)=NO. The molecule has 0 saturated carbocycles. The summed E-state index contributed by atoms with van der Waals surface area (Å²) in [6.07, 6.45) is 0.440. The highest BCUT2D eigenvalue weighted by atomic mass is 16.4. The highest BCUT2D eigenvalue weighted by molar-refractivity contribution is 5.82. The van der Waals surface area contributed by atoms with Crippen LogP contribution in [0.15, 0.2) is 5.16 Å². The van der Waals surface area contributed by atoms with Gasteiger partial charge in [0.05, 0.1) is 0 Å². The number of carbonyl (C=O) groups excluding carboxylic acids is 1. The fourth-order valence-corrected chi connectivity index (χ4v) is 1.13. The predicted octanol–water partition coefficient (Wildman–Crippen LogP) is 0.121. The Morgan fingerprint density at radius 1 is 1.35 bits per heavy atom. The molecule has 6 heteroatoms. The standard InChI is InChI=1S/C11H24N4O2/c1-8(2)6-14-10(16)4-5-13-7-9(3)11(12)15-17/h8-9,13,17H,4-7H2,1-3H3,(H2,12,15)(H,14,16). The molecule has 0 aromatic rings. The van der Waals surface area contributed by atoms with Gasteiger partial charge in [0.25, 0.3) is 0 Å². The van der Waals surface area contributed by atoms with Crippen molar-refractivity contribution in [2.75, 3.05) is 19.6 Å². The molecule has 0 aromatic heterocycles. The molecule has 0 aliphatic heterocycles. The van der Waals surface area contributed by atoms with E-state index in [4.69, 9.17) is 10.9 Å². The molecular weight excluding hydrogens is 220 g/mol. The summed E-state index contributed by atoms with van der Waals surface area (Å²) < 4.78 is 0. The number of oxime groups is 1. The van der Waals surface area contributed by atoms with Crippen LogP contribution < -0.4 is 16.4 Å². The van der Waals surface area contributed by atoms with Gasteiger partial charge in [-0.15, -0.1) is 0 Å². The van der Waals surface area contributed by atoms with Gasteiger partial charge < -0.3 is 21.6 Å². The van der Waals surface area contributed by atoms with Crippen molar-refractivity contribution in [3.05, 3.63) is 0 Å². The van der Waals surface area contributed by atoms with Crippen molar-refractivity contribution in [1.82, 2.24) is 10.6 Å². The quantitative estimate of drug-likeness (QED) is 0.160. The van der Waals surface area contributed by atoms with Crippen LogP contribution in [0, 0.1) is 11.8 Å². The summed E-state index contributed by atoms with van der Waals surface area (Å²) >= 11 is 0. The number of nitrogens with zero attached hydrogens (tertiary/aromatic N) is 1. The lowest BCUT2D eigenvalue weighted by molar-refractivity contribution is -0.121. The zero-order valence-corrected chi connectivity index (χ0v) is 10.9. The molecule has 100 valence electrons. The van der Waals surface area contributed by atoms with Crippen molar-refractivity contribution < 1.29 is 10.0 Å². The average Bonchev–Trinajstić information content (AvgIpc) is 2.30. The van der Waals surface area contributed by atoms with Crippen molar-refractivity contribution in [1.29, 1.82) is 0 Å². The van der Waals surface area contributed by atoms with Gasteiger partial charge in [-0.25, -0.2) is 0 Å². The van der Waals surface area contributed by atoms with Crippen LogP contribution in [-0.2, 0) is 4.79 Å². The molecule has 1 amide bonds. The Hall–Kier alpha value is -1.30. The number of amidine groups is 1. The molecule has 0 aliphatic rings. The van der Waals surface area contributed by atoms with Crippen molar-refractivity contribution in [3.63, 3.8) is 0 Å². The summed E-state index contributed by atoms with van der Waals surface area (Å²) in [5, 5.41) is 17.3. The third-order valence-electron chi connectivity index (χ3n) is 2.31. The van der Waals surface area contributed by atoms with Crippen LogP contribution in [0.5, 0.6) is 0 Å². The van der Waals surface area contributed by atoms with E-state index in [0.717, 1.165) is 0 Å².